The molecule has 4 nitrogen and oxygen atoms in total. The lowest BCUT2D eigenvalue weighted by molar-refractivity contribution is -0.119. The second-order valence-corrected chi connectivity index (χ2v) is 4.25. The van der Waals surface area contributed by atoms with Gasteiger partial charge in [-0.3, -0.25) is 10.1 Å². The summed E-state index contributed by atoms with van der Waals surface area (Å²) in [5.41, 5.74) is 0.268. The summed E-state index contributed by atoms with van der Waals surface area (Å²) in [5, 5.41) is 3.37. The zero-order valence-electron chi connectivity index (χ0n) is 8.76. The maximum absolute atomic E-state index is 12.8. The lowest BCUT2D eigenvalue weighted by Gasteiger charge is -2.07. The van der Waals surface area contributed by atoms with Crippen molar-refractivity contribution < 1.29 is 14.0 Å². The first-order valence-electron chi connectivity index (χ1n) is 4.61. The number of hydrogen-bond donors (Lipinski definition) is 2. The van der Waals surface area contributed by atoms with Crippen LogP contribution < -0.4 is 10.6 Å². The molecule has 0 spiro atoms. The van der Waals surface area contributed by atoms with Crippen LogP contribution in [0.25, 0.3) is 0 Å². The molecule has 0 bridgehead atoms. The third-order valence-electron chi connectivity index (χ3n) is 1.78. The number of imide groups is 1. The molecule has 92 valence electrons. The molecular weight excluding hydrogens is 270 g/mol. The molecule has 7 heteroatoms. The van der Waals surface area contributed by atoms with Crippen LogP contribution >= 0.6 is 23.2 Å². The Hall–Kier alpha value is -1.33. The SMILES string of the molecule is CC(Cl)C(=O)NC(=O)Nc1ccc(F)c(Cl)c1. The summed E-state index contributed by atoms with van der Waals surface area (Å²) in [5.74, 6) is -1.22. The Balaban J connectivity index is 2.62. The van der Waals surface area contributed by atoms with Gasteiger partial charge in [0.25, 0.3) is 0 Å². The molecule has 0 saturated heterocycles. The monoisotopic (exact) mass is 278 g/mol. The molecule has 3 amide bonds. The maximum atomic E-state index is 12.8. The molecule has 0 aromatic heterocycles. The number of benzene rings is 1. The number of urea groups is 1. The molecule has 17 heavy (non-hydrogen) atoms. The van der Waals surface area contributed by atoms with Crippen LogP contribution in [0.4, 0.5) is 14.9 Å². The number of carbonyl (C=O) groups excluding carboxylic acids is 2. The molecule has 1 rings (SSSR count). The highest BCUT2D eigenvalue weighted by Crippen LogP contribution is 2.19. The largest absolute Gasteiger partial charge is 0.325 e. The molecule has 0 aliphatic carbocycles. The molecule has 1 aromatic rings. The molecule has 1 atom stereocenters. The second kappa shape index (κ2) is 5.84. The van der Waals surface area contributed by atoms with Crippen molar-refractivity contribution in [2.75, 3.05) is 5.32 Å². The van der Waals surface area contributed by atoms with E-state index in [1.807, 2.05) is 5.32 Å². The zero-order chi connectivity index (χ0) is 13.0. The fraction of sp³-hybridized carbons (Fsp3) is 0.200. The van der Waals surface area contributed by atoms with Gasteiger partial charge in [0.2, 0.25) is 5.91 Å². The highest BCUT2D eigenvalue weighted by atomic mass is 35.5. The van der Waals surface area contributed by atoms with E-state index in [1.54, 1.807) is 0 Å². The molecule has 0 heterocycles. The molecule has 2 N–H and O–H groups in total. The van der Waals surface area contributed by atoms with Gasteiger partial charge in [-0.05, 0) is 25.1 Å². The van der Waals surface area contributed by atoms with Crippen molar-refractivity contribution in [2.45, 2.75) is 12.3 Å². The van der Waals surface area contributed by atoms with Crippen molar-refractivity contribution in [3.63, 3.8) is 0 Å². The minimum absolute atomic E-state index is 0.125. The fourth-order valence-corrected chi connectivity index (χ4v) is 1.18. The van der Waals surface area contributed by atoms with E-state index in [0.29, 0.717) is 0 Å². The summed E-state index contributed by atoms with van der Waals surface area (Å²) in [6, 6.07) is 2.88. The Morgan fingerprint density at radius 2 is 2.06 bits per heavy atom. The Morgan fingerprint density at radius 3 is 2.59 bits per heavy atom. The van der Waals surface area contributed by atoms with E-state index < -0.39 is 23.1 Å². The third-order valence-corrected chi connectivity index (χ3v) is 2.26. The van der Waals surface area contributed by atoms with E-state index in [-0.39, 0.29) is 10.7 Å². The van der Waals surface area contributed by atoms with Crippen LogP contribution in [0.5, 0.6) is 0 Å². The molecular formula is C10H9Cl2FN2O2. The first kappa shape index (κ1) is 13.7. The Bertz CT molecular complexity index is 452. The number of halogens is 3. The van der Waals surface area contributed by atoms with Gasteiger partial charge in [0, 0.05) is 5.69 Å². The van der Waals surface area contributed by atoms with Crippen LogP contribution in [-0.2, 0) is 4.79 Å². The van der Waals surface area contributed by atoms with Crippen molar-refractivity contribution >= 4 is 40.8 Å². The van der Waals surface area contributed by atoms with Gasteiger partial charge in [0.05, 0.1) is 5.02 Å². The second-order valence-electron chi connectivity index (χ2n) is 3.19. The minimum atomic E-state index is -0.822. The first-order chi connectivity index (χ1) is 7.90. The number of amides is 3. The fourth-order valence-electron chi connectivity index (χ4n) is 0.948. The Kier molecular flexibility index (Phi) is 4.72. The molecule has 0 saturated carbocycles. The molecule has 0 aliphatic heterocycles. The predicted octanol–water partition coefficient (Wildman–Crippen LogP) is 2.75. The van der Waals surface area contributed by atoms with Crippen molar-refractivity contribution in [2.24, 2.45) is 0 Å². The number of alkyl halides is 1. The van der Waals surface area contributed by atoms with Gasteiger partial charge in [-0.1, -0.05) is 11.6 Å². The third kappa shape index (κ3) is 4.20. The number of carbonyl (C=O) groups is 2. The average Bonchev–Trinajstić information content (AvgIpc) is 2.23. The van der Waals surface area contributed by atoms with E-state index in [2.05, 4.69) is 5.32 Å². The molecule has 1 aromatic carbocycles. The lowest BCUT2D eigenvalue weighted by Crippen LogP contribution is -2.38. The van der Waals surface area contributed by atoms with Crippen molar-refractivity contribution in [3.8, 4) is 0 Å². The van der Waals surface area contributed by atoms with Gasteiger partial charge in [-0.15, -0.1) is 11.6 Å². The lowest BCUT2D eigenvalue weighted by atomic mass is 10.3. The van der Waals surface area contributed by atoms with Gasteiger partial charge < -0.3 is 5.32 Å². The number of anilines is 1. The molecule has 0 radical (unpaired) electrons. The highest BCUT2D eigenvalue weighted by Gasteiger charge is 2.13. The van der Waals surface area contributed by atoms with Crippen molar-refractivity contribution in [1.82, 2.24) is 5.32 Å². The summed E-state index contributed by atoms with van der Waals surface area (Å²) in [7, 11) is 0. The Labute approximate surface area is 107 Å². The van der Waals surface area contributed by atoms with Crippen LogP contribution in [0.15, 0.2) is 18.2 Å². The normalized spacial score (nSPS) is 11.8. The van der Waals surface area contributed by atoms with Gasteiger partial charge in [0.15, 0.2) is 0 Å². The minimum Gasteiger partial charge on any atom is -0.308 e. The molecule has 0 aliphatic rings. The smallest absolute Gasteiger partial charge is 0.308 e. The van der Waals surface area contributed by atoms with Crippen LogP contribution in [0.2, 0.25) is 5.02 Å². The van der Waals surface area contributed by atoms with Crippen LogP contribution in [0.3, 0.4) is 0 Å². The topological polar surface area (TPSA) is 58.2 Å². The van der Waals surface area contributed by atoms with Gasteiger partial charge in [-0.2, -0.15) is 0 Å². The van der Waals surface area contributed by atoms with Crippen LogP contribution in [0.1, 0.15) is 6.92 Å². The summed E-state index contributed by atoms with van der Waals surface area (Å²) in [6.07, 6.45) is 0. The molecule has 0 fully saturated rings. The van der Waals surface area contributed by atoms with Gasteiger partial charge in [-0.25, -0.2) is 9.18 Å². The van der Waals surface area contributed by atoms with Gasteiger partial charge in [0.1, 0.15) is 11.2 Å². The number of nitrogens with one attached hydrogen (secondary N) is 2. The van der Waals surface area contributed by atoms with E-state index in [1.165, 1.54) is 19.1 Å². The van der Waals surface area contributed by atoms with E-state index in [4.69, 9.17) is 23.2 Å². The quantitative estimate of drug-likeness (QED) is 0.818. The summed E-state index contributed by atoms with van der Waals surface area (Å²) < 4.78 is 12.8. The van der Waals surface area contributed by atoms with Crippen LogP contribution in [-0.4, -0.2) is 17.3 Å². The summed E-state index contributed by atoms with van der Waals surface area (Å²) >= 11 is 11.0. The summed E-state index contributed by atoms with van der Waals surface area (Å²) in [6.45, 7) is 1.43. The summed E-state index contributed by atoms with van der Waals surface area (Å²) in [4.78, 5) is 22.4. The zero-order valence-corrected chi connectivity index (χ0v) is 10.3. The van der Waals surface area contributed by atoms with Crippen molar-refractivity contribution in [3.05, 3.63) is 29.0 Å². The Morgan fingerprint density at radius 1 is 1.41 bits per heavy atom. The van der Waals surface area contributed by atoms with Crippen LogP contribution in [0, 0.1) is 5.82 Å². The number of rotatable bonds is 2. The standard InChI is InChI=1S/C10H9Cl2FN2O2/c1-5(11)9(16)15-10(17)14-6-2-3-8(13)7(12)4-6/h2-5H,1H3,(H2,14,15,16,17). The maximum Gasteiger partial charge on any atom is 0.325 e. The predicted molar refractivity (Wildman–Crippen MR) is 63.9 cm³/mol. The van der Waals surface area contributed by atoms with E-state index in [0.717, 1.165) is 6.07 Å². The first-order valence-corrected chi connectivity index (χ1v) is 5.42. The number of hydrogen-bond acceptors (Lipinski definition) is 2. The van der Waals surface area contributed by atoms with E-state index in [9.17, 15) is 14.0 Å². The van der Waals surface area contributed by atoms with E-state index >= 15 is 0 Å². The molecule has 1 unspecified atom stereocenters. The van der Waals surface area contributed by atoms with Crippen molar-refractivity contribution in [1.29, 1.82) is 0 Å². The highest BCUT2D eigenvalue weighted by molar-refractivity contribution is 6.32. The van der Waals surface area contributed by atoms with Gasteiger partial charge >= 0.3 is 6.03 Å². The average molecular weight is 279 g/mol.